The number of methoxy groups -OCH3 is 1. The number of halogens is 3. The summed E-state index contributed by atoms with van der Waals surface area (Å²) in [5.41, 5.74) is 0.726. The largest absolute Gasteiger partial charge is 0.497 e. The van der Waals surface area contributed by atoms with Gasteiger partial charge in [0.25, 0.3) is 0 Å². The Labute approximate surface area is 214 Å². The van der Waals surface area contributed by atoms with Gasteiger partial charge < -0.3 is 10.1 Å². The van der Waals surface area contributed by atoms with E-state index in [1.54, 1.807) is 48.2 Å². The third kappa shape index (κ3) is 6.03. The molecule has 11 heteroatoms. The summed E-state index contributed by atoms with van der Waals surface area (Å²) in [6.07, 6.45) is -2.57. The molecule has 36 heavy (non-hydrogen) atoms. The lowest BCUT2D eigenvalue weighted by molar-refractivity contribution is -0.137. The van der Waals surface area contributed by atoms with Gasteiger partial charge in [0.15, 0.2) is 11.0 Å². The van der Waals surface area contributed by atoms with E-state index in [-0.39, 0.29) is 22.5 Å². The molecule has 0 aliphatic heterocycles. The highest BCUT2D eigenvalue weighted by Crippen LogP contribution is 2.34. The molecule has 3 aromatic carbocycles. The first-order chi connectivity index (χ1) is 17.3. The highest BCUT2D eigenvalue weighted by molar-refractivity contribution is 7.99. The summed E-state index contributed by atoms with van der Waals surface area (Å²) >= 11 is 2.64. The zero-order valence-electron chi connectivity index (χ0n) is 19.2. The van der Waals surface area contributed by atoms with Crippen LogP contribution in [0.5, 0.6) is 5.75 Å². The van der Waals surface area contributed by atoms with Crippen molar-refractivity contribution in [2.75, 3.05) is 24.4 Å². The molecule has 0 aliphatic rings. The molecule has 4 rings (SSSR count). The van der Waals surface area contributed by atoms with Crippen molar-refractivity contribution in [3.05, 3.63) is 78.4 Å². The van der Waals surface area contributed by atoms with E-state index in [0.29, 0.717) is 22.8 Å². The SMILES string of the molecule is COc1ccc(-c2nnc(SCC(=O)Nc3cccc(SC)c3)n2-c2cccc(C(F)(F)F)c2)cc1. The third-order valence-corrected chi connectivity index (χ3v) is 6.75. The van der Waals surface area contributed by atoms with Crippen molar-refractivity contribution in [2.45, 2.75) is 16.2 Å². The summed E-state index contributed by atoms with van der Waals surface area (Å²) < 4.78 is 47.0. The van der Waals surface area contributed by atoms with Gasteiger partial charge in [0.05, 0.1) is 24.1 Å². The number of thioether (sulfide) groups is 2. The lowest BCUT2D eigenvalue weighted by Crippen LogP contribution is -2.14. The number of nitrogens with one attached hydrogen (secondary N) is 1. The fraction of sp³-hybridized carbons (Fsp3) is 0.160. The lowest BCUT2D eigenvalue weighted by atomic mass is 10.1. The van der Waals surface area contributed by atoms with Gasteiger partial charge in [-0.2, -0.15) is 13.2 Å². The van der Waals surface area contributed by atoms with Crippen LogP contribution in [0.3, 0.4) is 0 Å². The molecule has 0 unspecified atom stereocenters. The third-order valence-electron chi connectivity index (χ3n) is 5.10. The van der Waals surface area contributed by atoms with Gasteiger partial charge >= 0.3 is 6.18 Å². The lowest BCUT2D eigenvalue weighted by Gasteiger charge is -2.13. The average molecular weight is 531 g/mol. The second-order valence-corrected chi connectivity index (χ2v) is 9.31. The molecule has 1 heterocycles. The number of carbonyl (C=O) groups is 1. The minimum atomic E-state index is -4.51. The normalized spacial score (nSPS) is 11.4. The van der Waals surface area contributed by atoms with Crippen molar-refractivity contribution in [3.63, 3.8) is 0 Å². The number of benzene rings is 3. The Morgan fingerprint density at radius 2 is 1.78 bits per heavy atom. The zero-order chi connectivity index (χ0) is 25.7. The predicted octanol–water partition coefficient (Wildman–Crippen LogP) is 6.41. The summed E-state index contributed by atoms with van der Waals surface area (Å²) in [6.45, 7) is 0. The van der Waals surface area contributed by atoms with Crippen LogP contribution in [0.4, 0.5) is 18.9 Å². The first kappa shape index (κ1) is 25.6. The molecule has 1 N–H and O–H groups in total. The van der Waals surface area contributed by atoms with E-state index in [1.807, 2.05) is 24.5 Å². The molecule has 1 amide bonds. The highest BCUT2D eigenvalue weighted by atomic mass is 32.2. The topological polar surface area (TPSA) is 69.0 Å². The van der Waals surface area contributed by atoms with Gasteiger partial charge in [-0.25, -0.2) is 0 Å². The number of ether oxygens (including phenoxy) is 1. The summed E-state index contributed by atoms with van der Waals surface area (Å²) in [5.74, 6) is 0.680. The summed E-state index contributed by atoms with van der Waals surface area (Å²) in [5, 5.41) is 11.5. The van der Waals surface area contributed by atoms with Crippen LogP contribution in [0, 0.1) is 0 Å². The van der Waals surface area contributed by atoms with Crippen LogP contribution in [0.2, 0.25) is 0 Å². The number of rotatable bonds is 8. The molecule has 0 spiro atoms. The maximum absolute atomic E-state index is 13.4. The maximum Gasteiger partial charge on any atom is 0.416 e. The first-order valence-electron chi connectivity index (χ1n) is 10.6. The van der Waals surface area contributed by atoms with Crippen LogP contribution in [-0.2, 0) is 11.0 Å². The first-order valence-corrected chi connectivity index (χ1v) is 12.8. The molecule has 4 aromatic rings. The molecule has 0 saturated heterocycles. The molecule has 0 bridgehead atoms. The van der Waals surface area contributed by atoms with Crippen LogP contribution < -0.4 is 10.1 Å². The van der Waals surface area contributed by atoms with Gasteiger partial charge in [-0.1, -0.05) is 23.9 Å². The average Bonchev–Trinajstić information content (AvgIpc) is 3.31. The standard InChI is InChI=1S/C25H21F3N4O2S2/c1-34-20-11-9-16(10-12-20)23-30-31-24(32(23)19-7-3-5-17(13-19)25(26,27)28)36-15-22(33)29-18-6-4-8-21(14-18)35-2/h3-14H,15H2,1-2H3,(H,29,33). The predicted molar refractivity (Wildman–Crippen MR) is 136 cm³/mol. The number of carbonyl (C=O) groups excluding carboxylic acids is 1. The number of aromatic nitrogens is 3. The van der Waals surface area contributed by atoms with E-state index in [4.69, 9.17) is 4.74 Å². The zero-order valence-corrected chi connectivity index (χ0v) is 20.9. The van der Waals surface area contributed by atoms with Crippen molar-refractivity contribution in [1.82, 2.24) is 14.8 Å². The molecule has 0 saturated carbocycles. The molecule has 0 atom stereocenters. The minimum Gasteiger partial charge on any atom is -0.497 e. The van der Waals surface area contributed by atoms with Gasteiger partial charge in [0.2, 0.25) is 5.91 Å². The van der Waals surface area contributed by atoms with Crippen molar-refractivity contribution in [2.24, 2.45) is 0 Å². The van der Waals surface area contributed by atoms with E-state index >= 15 is 0 Å². The van der Waals surface area contributed by atoms with E-state index in [1.165, 1.54) is 17.7 Å². The molecule has 186 valence electrons. The van der Waals surface area contributed by atoms with Crippen molar-refractivity contribution >= 4 is 35.1 Å². The molecular weight excluding hydrogens is 509 g/mol. The summed E-state index contributed by atoms with van der Waals surface area (Å²) in [6, 6.07) is 19.3. The highest BCUT2D eigenvalue weighted by Gasteiger charge is 2.31. The summed E-state index contributed by atoms with van der Waals surface area (Å²) in [4.78, 5) is 13.6. The Balaban J connectivity index is 1.65. The quantitative estimate of drug-likeness (QED) is 0.265. The summed E-state index contributed by atoms with van der Waals surface area (Å²) in [7, 11) is 1.54. The van der Waals surface area contributed by atoms with Crippen molar-refractivity contribution < 1.29 is 22.7 Å². The number of amides is 1. The molecule has 0 aliphatic carbocycles. The van der Waals surface area contributed by atoms with Gasteiger partial charge in [0.1, 0.15) is 5.75 Å². The van der Waals surface area contributed by atoms with Crippen molar-refractivity contribution in [3.8, 4) is 22.8 Å². The Morgan fingerprint density at radius 3 is 2.47 bits per heavy atom. The number of anilines is 1. The van der Waals surface area contributed by atoms with Gasteiger partial charge in [-0.15, -0.1) is 22.0 Å². The van der Waals surface area contributed by atoms with E-state index < -0.39 is 11.7 Å². The van der Waals surface area contributed by atoms with Crippen LogP contribution in [0.15, 0.2) is 82.8 Å². The minimum absolute atomic E-state index is 0.0107. The molecular formula is C25H21F3N4O2S2. The molecule has 1 aromatic heterocycles. The second-order valence-electron chi connectivity index (χ2n) is 7.49. The monoisotopic (exact) mass is 530 g/mol. The van der Waals surface area contributed by atoms with E-state index in [9.17, 15) is 18.0 Å². The van der Waals surface area contributed by atoms with Crippen LogP contribution >= 0.6 is 23.5 Å². The maximum atomic E-state index is 13.4. The number of nitrogens with zero attached hydrogens (tertiary/aromatic N) is 3. The Kier molecular flexibility index (Phi) is 7.90. The molecule has 6 nitrogen and oxygen atoms in total. The number of alkyl halides is 3. The second kappa shape index (κ2) is 11.1. The molecule has 0 fully saturated rings. The number of hydrogen-bond acceptors (Lipinski definition) is 6. The Morgan fingerprint density at radius 1 is 1.03 bits per heavy atom. The fourth-order valence-corrected chi connectivity index (χ4v) is 4.58. The molecule has 0 radical (unpaired) electrons. The van der Waals surface area contributed by atoms with Crippen molar-refractivity contribution in [1.29, 1.82) is 0 Å². The van der Waals surface area contributed by atoms with Crippen LogP contribution in [0.25, 0.3) is 17.1 Å². The van der Waals surface area contributed by atoms with Crippen LogP contribution in [-0.4, -0.2) is 39.8 Å². The Bertz CT molecular complexity index is 1360. The fourth-order valence-electron chi connectivity index (χ4n) is 3.37. The van der Waals surface area contributed by atoms with Gasteiger partial charge in [-0.3, -0.25) is 9.36 Å². The smallest absolute Gasteiger partial charge is 0.416 e. The van der Waals surface area contributed by atoms with Crippen LogP contribution in [0.1, 0.15) is 5.56 Å². The van der Waals surface area contributed by atoms with E-state index in [2.05, 4.69) is 15.5 Å². The number of hydrogen-bond donors (Lipinski definition) is 1. The van der Waals surface area contributed by atoms with Gasteiger partial charge in [0, 0.05) is 16.1 Å². The van der Waals surface area contributed by atoms with Gasteiger partial charge in [-0.05, 0) is 66.9 Å². The van der Waals surface area contributed by atoms with E-state index in [0.717, 1.165) is 28.8 Å². The Hall–Kier alpha value is -3.44.